The third-order valence-corrected chi connectivity index (χ3v) is 4.45. The fourth-order valence-electron chi connectivity index (χ4n) is 3.11. The Balaban J connectivity index is 1.90. The summed E-state index contributed by atoms with van der Waals surface area (Å²) in [7, 11) is 3.08. The Bertz CT molecular complexity index is 955. The maximum atomic E-state index is 12.8. The van der Waals surface area contributed by atoms with Gasteiger partial charge >= 0.3 is 6.18 Å². The number of nitrogens with two attached hydrogens (primary N) is 2. The molecule has 6 nitrogen and oxygen atoms in total. The van der Waals surface area contributed by atoms with Crippen LogP contribution in [-0.4, -0.2) is 25.8 Å². The van der Waals surface area contributed by atoms with E-state index in [2.05, 4.69) is 10.3 Å². The molecule has 9 heteroatoms. The highest BCUT2D eigenvalue weighted by molar-refractivity contribution is 5.88. The van der Waals surface area contributed by atoms with Gasteiger partial charge in [0.2, 0.25) is 0 Å². The largest absolute Gasteiger partial charge is 0.493 e. The Morgan fingerprint density at radius 3 is 2.28 bits per heavy atom. The van der Waals surface area contributed by atoms with E-state index in [1.54, 1.807) is 25.3 Å². The minimum Gasteiger partial charge on any atom is -0.493 e. The van der Waals surface area contributed by atoms with Gasteiger partial charge in [0.15, 0.2) is 17.5 Å². The molecule has 0 fully saturated rings. The first-order valence-electron chi connectivity index (χ1n) is 8.66. The van der Waals surface area contributed by atoms with Crippen molar-refractivity contribution in [3.05, 3.63) is 65.2 Å². The first kappa shape index (κ1) is 20.5. The van der Waals surface area contributed by atoms with Gasteiger partial charge in [-0.1, -0.05) is 18.2 Å². The van der Waals surface area contributed by atoms with Crippen molar-refractivity contribution in [2.24, 2.45) is 16.5 Å². The van der Waals surface area contributed by atoms with Gasteiger partial charge in [-0.3, -0.25) is 0 Å². The van der Waals surface area contributed by atoms with Gasteiger partial charge in [-0.2, -0.15) is 13.2 Å². The van der Waals surface area contributed by atoms with Crippen LogP contribution in [0.4, 0.5) is 13.2 Å². The van der Waals surface area contributed by atoms with E-state index in [0.717, 1.165) is 17.7 Å². The predicted octanol–water partition coefficient (Wildman–Crippen LogP) is 2.88. The van der Waals surface area contributed by atoms with Crippen LogP contribution in [0.15, 0.2) is 53.5 Å². The Morgan fingerprint density at radius 1 is 1.03 bits per heavy atom. The van der Waals surface area contributed by atoms with Gasteiger partial charge in [-0.15, -0.1) is 0 Å². The van der Waals surface area contributed by atoms with Gasteiger partial charge in [-0.05, 0) is 35.9 Å². The normalized spacial score (nSPS) is 19.1. The van der Waals surface area contributed by atoms with Gasteiger partial charge in [0.1, 0.15) is 5.66 Å². The maximum Gasteiger partial charge on any atom is 0.416 e. The zero-order chi connectivity index (χ0) is 21.2. The van der Waals surface area contributed by atoms with Gasteiger partial charge < -0.3 is 26.3 Å². The van der Waals surface area contributed by atoms with Crippen LogP contribution in [0.25, 0.3) is 5.70 Å². The molecule has 0 saturated heterocycles. The lowest BCUT2D eigenvalue weighted by Gasteiger charge is -2.32. The molecular formula is C20H21F3N4O2. The van der Waals surface area contributed by atoms with Crippen LogP contribution in [0.1, 0.15) is 16.7 Å². The van der Waals surface area contributed by atoms with Gasteiger partial charge in [0, 0.05) is 12.0 Å². The molecule has 1 atom stereocenters. The maximum absolute atomic E-state index is 12.8. The molecule has 0 aromatic heterocycles. The lowest BCUT2D eigenvalue weighted by Crippen LogP contribution is -2.59. The number of ether oxygens (including phenoxy) is 2. The molecule has 0 radical (unpaired) electrons. The summed E-state index contributed by atoms with van der Waals surface area (Å²) < 4.78 is 48.9. The quantitative estimate of drug-likeness (QED) is 0.710. The standard InChI is InChI=1S/C20H21F3N4O2/c1-28-16-8-3-12(9-17(16)29-2)10-19(25)11-15(26-18(24)27-19)13-4-6-14(7-5-13)20(21,22)23/h3-9,11H,10,25H2,1-2H3,(H3,24,26,27). The Kier molecular flexibility index (Phi) is 5.43. The van der Waals surface area contributed by atoms with E-state index in [1.807, 2.05) is 6.07 Å². The topological polar surface area (TPSA) is 94.9 Å². The molecule has 1 heterocycles. The van der Waals surface area contributed by atoms with Crippen molar-refractivity contribution in [2.75, 3.05) is 14.2 Å². The van der Waals surface area contributed by atoms with Crippen LogP contribution in [0.5, 0.6) is 11.5 Å². The molecule has 3 rings (SSSR count). The van der Waals surface area contributed by atoms with E-state index >= 15 is 0 Å². The molecule has 0 amide bonds. The Labute approximate surface area is 166 Å². The number of nitrogens with zero attached hydrogens (tertiary/aromatic N) is 1. The number of guanidine groups is 1. The number of hydrogen-bond donors (Lipinski definition) is 3. The fraction of sp³-hybridized carbons (Fsp3) is 0.250. The average molecular weight is 406 g/mol. The molecule has 2 aromatic carbocycles. The van der Waals surface area contributed by atoms with Crippen molar-refractivity contribution >= 4 is 11.7 Å². The van der Waals surface area contributed by atoms with Crippen LogP contribution in [0.3, 0.4) is 0 Å². The summed E-state index contributed by atoms with van der Waals surface area (Å²) in [6, 6.07) is 10.1. The minimum absolute atomic E-state index is 0.0744. The van der Waals surface area contributed by atoms with Gasteiger partial charge in [-0.25, -0.2) is 4.99 Å². The zero-order valence-electron chi connectivity index (χ0n) is 15.9. The summed E-state index contributed by atoms with van der Waals surface area (Å²) in [4.78, 5) is 4.18. The molecular weight excluding hydrogens is 385 g/mol. The average Bonchev–Trinajstić information content (AvgIpc) is 2.66. The van der Waals surface area contributed by atoms with Crippen LogP contribution in [0, 0.1) is 0 Å². The predicted molar refractivity (Wildman–Crippen MR) is 104 cm³/mol. The zero-order valence-corrected chi connectivity index (χ0v) is 15.9. The Morgan fingerprint density at radius 2 is 1.69 bits per heavy atom. The summed E-state index contributed by atoms with van der Waals surface area (Å²) in [5.41, 5.74) is 12.2. The second-order valence-electron chi connectivity index (χ2n) is 6.63. The summed E-state index contributed by atoms with van der Waals surface area (Å²) in [5.74, 6) is 1.21. The SMILES string of the molecule is COc1ccc(CC2(N)C=C(c3ccc(C(F)(F)F)cc3)N=C(N)N2)cc1OC. The van der Waals surface area contributed by atoms with Crippen molar-refractivity contribution in [1.82, 2.24) is 5.32 Å². The third-order valence-electron chi connectivity index (χ3n) is 4.45. The number of alkyl halides is 3. The second-order valence-corrected chi connectivity index (χ2v) is 6.63. The molecule has 1 unspecified atom stereocenters. The third kappa shape index (κ3) is 4.62. The number of nitrogens with one attached hydrogen (secondary N) is 1. The summed E-state index contributed by atoms with van der Waals surface area (Å²) in [5, 5.41) is 2.92. The number of hydrogen-bond acceptors (Lipinski definition) is 6. The minimum atomic E-state index is -4.41. The lowest BCUT2D eigenvalue weighted by molar-refractivity contribution is -0.137. The van der Waals surface area contributed by atoms with Crippen molar-refractivity contribution in [3.8, 4) is 11.5 Å². The Hall–Kier alpha value is -3.20. The molecule has 1 aliphatic rings. The molecule has 0 aliphatic carbocycles. The first-order chi connectivity index (χ1) is 13.6. The highest BCUT2D eigenvalue weighted by Crippen LogP contribution is 2.32. The lowest BCUT2D eigenvalue weighted by atomic mass is 9.96. The van der Waals surface area contributed by atoms with E-state index < -0.39 is 17.4 Å². The van der Waals surface area contributed by atoms with Crippen molar-refractivity contribution < 1.29 is 22.6 Å². The van der Waals surface area contributed by atoms with Crippen molar-refractivity contribution in [3.63, 3.8) is 0 Å². The van der Waals surface area contributed by atoms with E-state index in [0.29, 0.717) is 29.2 Å². The van der Waals surface area contributed by atoms with Crippen molar-refractivity contribution in [2.45, 2.75) is 18.3 Å². The number of benzene rings is 2. The van der Waals surface area contributed by atoms with E-state index in [1.165, 1.54) is 19.2 Å². The molecule has 29 heavy (non-hydrogen) atoms. The van der Waals surface area contributed by atoms with E-state index in [-0.39, 0.29) is 5.96 Å². The van der Waals surface area contributed by atoms with E-state index in [4.69, 9.17) is 20.9 Å². The summed E-state index contributed by atoms with van der Waals surface area (Å²) in [6.45, 7) is 0. The van der Waals surface area contributed by atoms with Gasteiger partial charge in [0.25, 0.3) is 0 Å². The highest BCUT2D eigenvalue weighted by Gasteiger charge is 2.31. The van der Waals surface area contributed by atoms with E-state index in [9.17, 15) is 13.2 Å². The van der Waals surface area contributed by atoms with Crippen LogP contribution < -0.4 is 26.3 Å². The fourth-order valence-corrected chi connectivity index (χ4v) is 3.11. The van der Waals surface area contributed by atoms with Crippen LogP contribution >= 0.6 is 0 Å². The first-order valence-corrected chi connectivity index (χ1v) is 8.66. The number of aliphatic imine (C=N–C) groups is 1. The summed E-state index contributed by atoms with van der Waals surface area (Å²) >= 11 is 0. The second kappa shape index (κ2) is 7.67. The molecule has 5 N–H and O–H groups in total. The van der Waals surface area contributed by atoms with Crippen LogP contribution in [0.2, 0.25) is 0 Å². The van der Waals surface area contributed by atoms with Crippen LogP contribution in [-0.2, 0) is 12.6 Å². The number of methoxy groups -OCH3 is 2. The monoisotopic (exact) mass is 406 g/mol. The molecule has 1 aliphatic heterocycles. The number of rotatable bonds is 5. The van der Waals surface area contributed by atoms with Gasteiger partial charge in [0.05, 0.1) is 25.5 Å². The smallest absolute Gasteiger partial charge is 0.416 e. The van der Waals surface area contributed by atoms with Crippen molar-refractivity contribution in [1.29, 1.82) is 0 Å². The molecule has 0 spiro atoms. The molecule has 0 bridgehead atoms. The highest BCUT2D eigenvalue weighted by atomic mass is 19.4. The number of halogens is 3. The summed E-state index contributed by atoms with van der Waals surface area (Å²) in [6.07, 6.45) is -2.44. The molecule has 2 aromatic rings. The molecule has 154 valence electrons. The molecule has 0 saturated carbocycles.